The van der Waals surface area contributed by atoms with E-state index >= 15 is 0 Å². The summed E-state index contributed by atoms with van der Waals surface area (Å²) in [6, 6.07) is 3.12. The first-order chi connectivity index (χ1) is 11.4. The number of hydrogen-bond donors (Lipinski definition) is 2. The third kappa shape index (κ3) is 3.65. The zero-order valence-electron chi connectivity index (χ0n) is 12.8. The molecule has 0 spiro atoms. The van der Waals surface area contributed by atoms with Gasteiger partial charge in [0.15, 0.2) is 16.6 Å². The molecule has 2 amide bonds. The quantitative estimate of drug-likeness (QED) is 0.337. The number of carbonyl (C=O) groups excluding carboxylic acids is 2. The lowest BCUT2D eigenvalue weighted by atomic mass is 10.1. The smallest absolute Gasteiger partial charge is 0.265 e. The van der Waals surface area contributed by atoms with Gasteiger partial charge in [-0.15, -0.1) is 6.58 Å². The maximum atomic E-state index is 12.5. The summed E-state index contributed by atoms with van der Waals surface area (Å²) in [5.41, 5.74) is 0.457. The van der Waals surface area contributed by atoms with Gasteiger partial charge in [0, 0.05) is 6.54 Å². The number of hydrogen-bond acceptors (Lipinski definition) is 5. The molecule has 126 valence electrons. The molecule has 1 fully saturated rings. The van der Waals surface area contributed by atoms with Crippen LogP contribution in [-0.4, -0.2) is 40.1 Å². The van der Waals surface area contributed by atoms with Crippen molar-refractivity contribution in [1.29, 1.82) is 0 Å². The average Bonchev–Trinajstić information content (AvgIpc) is 2.53. The molecule has 1 aliphatic rings. The molecule has 0 atom stereocenters. The predicted octanol–water partition coefficient (Wildman–Crippen LogP) is 2.37. The Kier molecular flexibility index (Phi) is 5.74. The van der Waals surface area contributed by atoms with Crippen molar-refractivity contribution in [2.45, 2.75) is 6.92 Å². The van der Waals surface area contributed by atoms with Crippen LogP contribution in [0.1, 0.15) is 12.5 Å². The number of thiocarbonyl (C=S) groups is 1. The Hall–Kier alpha value is -2.19. The van der Waals surface area contributed by atoms with E-state index in [0.717, 1.165) is 0 Å². The van der Waals surface area contributed by atoms with Crippen LogP contribution in [0.2, 0.25) is 0 Å². The normalized spacial score (nSPS) is 16.3. The largest absolute Gasteiger partial charge is 0.503 e. The van der Waals surface area contributed by atoms with E-state index in [1.54, 1.807) is 19.1 Å². The minimum atomic E-state index is -0.576. The Bertz CT molecular complexity index is 761. The number of amides is 2. The second-order valence-electron chi connectivity index (χ2n) is 4.80. The van der Waals surface area contributed by atoms with Crippen LogP contribution < -0.4 is 10.1 Å². The predicted molar refractivity (Wildman–Crippen MR) is 97.6 cm³/mol. The van der Waals surface area contributed by atoms with Crippen LogP contribution in [0.15, 0.2) is 34.8 Å². The van der Waals surface area contributed by atoms with Crippen molar-refractivity contribution < 1.29 is 19.4 Å². The first-order valence-electron chi connectivity index (χ1n) is 7.04. The number of nitrogens with one attached hydrogen (secondary N) is 1. The number of phenolic OH excluding ortho intramolecular Hbond substituents is 1. The van der Waals surface area contributed by atoms with Crippen molar-refractivity contribution in [2.75, 3.05) is 13.2 Å². The molecule has 1 aliphatic heterocycles. The Morgan fingerprint density at radius 2 is 2.17 bits per heavy atom. The second-order valence-corrected chi connectivity index (χ2v) is 6.05. The Labute approximate surface area is 152 Å². The summed E-state index contributed by atoms with van der Waals surface area (Å²) in [5, 5.41) is 12.4. The van der Waals surface area contributed by atoms with Gasteiger partial charge in [-0.2, -0.15) is 0 Å². The Morgan fingerprint density at radius 1 is 1.46 bits per heavy atom. The number of nitrogens with zero attached hydrogens (tertiary/aromatic N) is 1. The highest BCUT2D eigenvalue weighted by Gasteiger charge is 2.32. The molecular formula is C16H15BrN2O4S. The van der Waals surface area contributed by atoms with Gasteiger partial charge in [-0.3, -0.25) is 19.8 Å². The van der Waals surface area contributed by atoms with Crippen LogP contribution in [0.4, 0.5) is 0 Å². The van der Waals surface area contributed by atoms with Gasteiger partial charge >= 0.3 is 0 Å². The van der Waals surface area contributed by atoms with Crippen molar-refractivity contribution in [2.24, 2.45) is 0 Å². The van der Waals surface area contributed by atoms with E-state index in [1.807, 2.05) is 0 Å². The molecule has 0 aromatic heterocycles. The van der Waals surface area contributed by atoms with E-state index in [4.69, 9.17) is 17.0 Å². The van der Waals surface area contributed by atoms with Crippen LogP contribution >= 0.6 is 28.1 Å². The highest BCUT2D eigenvalue weighted by molar-refractivity contribution is 9.10. The Balaban J connectivity index is 2.45. The summed E-state index contributed by atoms with van der Waals surface area (Å²) in [7, 11) is 0. The van der Waals surface area contributed by atoms with E-state index in [2.05, 4.69) is 27.8 Å². The number of halogens is 1. The van der Waals surface area contributed by atoms with Gasteiger partial charge in [0.2, 0.25) is 0 Å². The lowest BCUT2D eigenvalue weighted by molar-refractivity contribution is -0.128. The SMILES string of the molecule is C=CCN1C(=O)C(=Cc2cc(Br)c(O)c(OCC)c2)C(=O)NC1=S. The lowest BCUT2D eigenvalue weighted by Crippen LogP contribution is -2.53. The van der Waals surface area contributed by atoms with Gasteiger partial charge in [0.05, 0.1) is 11.1 Å². The number of benzene rings is 1. The highest BCUT2D eigenvalue weighted by atomic mass is 79.9. The number of ether oxygens (including phenoxy) is 1. The fraction of sp³-hybridized carbons (Fsp3) is 0.188. The highest BCUT2D eigenvalue weighted by Crippen LogP contribution is 2.36. The minimum Gasteiger partial charge on any atom is -0.503 e. The molecule has 2 rings (SSSR count). The third-order valence-electron chi connectivity index (χ3n) is 3.16. The standard InChI is InChI=1S/C16H15BrN2O4S/c1-3-5-19-15(22)10(14(21)18-16(19)24)6-9-7-11(17)13(20)12(8-9)23-4-2/h3,6-8,20H,1,4-5H2,2H3,(H,18,21,24). The molecule has 1 aromatic rings. The lowest BCUT2D eigenvalue weighted by Gasteiger charge is -2.27. The summed E-state index contributed by atoms with van der Waals surface area (Å²) >= 11 is 8.21. The molecule has 0 bridgehead atoms. The van der Waals surface area contributed by atoms with Crippen LogP contribution in [0.5, 0.6) is 11.5 Å². The molecule has 0 unspecified atom stereocenters. The zero-order valence-corrected chi connectivity index (χ0v) is 15.2. The van der Waals surface area contributed by atoms with Crippen LogP contribution in [0.3, 0.4) is 0 Å². The Morgan fingerprint density at radius 3 is 2.79 bits per heavy atom. The van der Waals surface area contributed by atoms with Crippen molar-refractivity contribution in [1.82, 2.24) is 10.2 Å². The second kappa shape index (κ2) is 7.59. The molecule has 8 heteroatoms. The summed E-state index contributed by atoms with van der Waals surface area (Å²) < 4.78 is 5.73. The maximum Gasteiger partial charge on any atom is 0.265 e. The number of rotatable bonds is 5. The first-order valence-corrected chi connectivity index (χ1v) is 8.24. The molecule has 0 radical (unpaired) electrons. The van der Waals surface area contributed by atoms with Crippen molar-refractivity contribution in [3.8, 4) is 11.5 Å². The van der Waals surface area contributed by atoms with Crippen LogP contribution in [0.25, 0.3) is 6.08 Å². The molecule has 1 saturated heterocycles. The molecule has 0 saturated carbocycles. The molecular weight excluding hydrogens is 396 g/mol. The zero-order chi connectivity index (χ0) is 17.9. The van der Waals surface area contributed by atoms with Crippen molar-refractivity contribution in [3.05, 3.63) is 40.4 Å². The van der Waals surface area contributed by atoms with E-state index in [9.17, 15) is 14.7 Å². The van der Waals surface area contributed by atoms with Gasteiger partial charge in [0.25, 0.3) is 11.8 Å². The summed E-state index contributed by atoms with van der Waals surface area (Å²) in [5.74, 6) is -0.882. The average molecular weight is 411 g/mol. The monoisotopic (exact) mass is 410 g/mol. The van der Waals surface area contributed by atoms with Gasteiger partial charge in [-0.05, 0) is 58.8 Å². The maximum absolute atomic E-state index is 12.5. The summed E-state index contributed by atoms with van der Waals surface area (Å²) in [6.45, 7) is 5.91. The topological polar surface area (TPSA) is 78.9 Å². The number of carbonyl (C=O) groups is 2. The van der Waals surface area contributed by atoms with E-state index < -0.39 is 11.8 Å². The first kappa shape index (κ1) is 18.2. The van der Waals surface area contributed by atoms with Crippen molar-refractivity contribution in [3.63, 3.8) is 0 Å². The summed E-state index contributed by atoms with van der Waals surface area (Å²) in [4.78, 5) is 25.8. The van der Waals surface area contributed by atoms with E-state index in [-0.39, 0.29) is 28.7 Å². The van der Waals surface area contributed by atoms with E-state index in [1.165, 1.54) is 17.1 Å². The van der Waals surface area contributed by atoms with Crippen LogP contribution in [0, 0.1) is 0 Å². The van der Waals surface area contributed by atoms with Gasteiger partial charge < -0.3 is 9.84 Å². The molecule has 2 N–H and O–H groups in total. The molecule has 1 aromatic carbocycles. The van der Waals surface area contributed by atoms with Gasteiger partial charge in [-0.25, -0.2) is 0 Å². The summed E-state index contributed by atoms with van der Waals surface area (Å²) in [6.07, 6.45) is 2.94. The molecule has 1 heterocycles. The third-order valence-corrected chi connectivity index (χ3v) is 4.09. The fourth-order valence-corrected chi connectivity index (χ4v) is 2.81. The minimum absolute atomic E-state index is 0.0453. The number of aromatic hydroxyl groups is 1. The van der Waals surface area contributed by atoms with Crippen molar-refractivity contribution >= 4 is 51.2 Å². The van der Waals surface area contributed by atoms with Gasteiger partial charge in [0.1, 0.15) is 5.57 Å². The van der Waals surface area contributed by atoms with Gasteiger partial charge in [-0.1, -0.05) is 6.08 Å². The molecule has 24 heavy (non-hydrogen) atoms. The molecule has 0 aliphatic carbocycles. The molecule has 6 nitrogen and oxygen atoms in total. The number of phenols is 1. The van der Waals surface area contributed by atoms with E-state index in [0.29, 0.717) is 16.6 Å². The fourth-order valence-electron chi connectivity index (χ4n) is 2.10. The van der Waals surface area contributed by atoms with Crippen LogP contribution in [-0.2, 0) is 9.59 Å².